The van der Waals surface area contributed by atoms with Crippen molar-refractivity contribution >= 4 is 23.9 Å². The maximum Gasteiger partial charge on any atom is 0.618 e. The molecule has 2 aromatic rings. The molecule has 2 aliphatic rings. The molecule has 4 rings (SSSR count). The normalized spacial score (nSPS) is 25.8. The van der Waals surface area contributed by atoms with E-state index in [0.29, 0.717) is 24.2 Å². The Morgan fingerprint density at radius 1 is 1.23 bits per heavy atom. The predicted molar refractivity (Wildman–Crippen MR) is 115 cm³/mol. The number of nitrogens with one attached hydrogen (secondary N) is 1. The lowest BCUT2D eigenvalue weighted by Gasteiger charge is -2.33. The van der Waals surface area contributed by atoms with Crippen LogP contribution in [0.25, 0.3) is 0 Å². The molecule has 0 aliphatic carbocycles. The Labute approximate surface area is 182 Å². The molecule has 0 bridgehead atoms. The van der Waals surface area contributed by atoms with Crippen LogP contribution in [0.4, 0.5) is 0 Å². The van der Waals surface area contributed by atoms with Crippen LogP contribution in [0.2, 0.25) is 0 Å². The van der Waals surface area contributed by atoms with Gasteiger partial charge in [0.05, 0.1) is 11.5 Å². The van der Waals surface area contributed by atoms with Gasteiger partial charge in [0.25, 0.3) is 5.56 Å². The molecular formula is C19H22B2N2O7P+. The lowest BCUT2D eigenvalue weighted by molar-refractivity contribution is -0.0561. The Morgan fingerprint density at radius 3 is 2.71 bits per heavy atom. The van der Waals surface area contributed by atoms with Crippen LogP contribution < -0.4 is 15.8 Å². The average molecular weight is 443 g/mol. The minimum absolute atomic E-state index is 0.0818. The molecule has 3 heterocycles. The van der Waals surface area contributed by atoms with E-state index in [9.17, 15) is 14.5 Å². The molecule has 0 spiro atoms. The summed E-state index contributed by atoms with van der Waals surface area (Å²) in [6.45, 7) is 5.47. The van der Waals surface area contributed by atoms with E-state index < -0.39 is 37.2 Å². The van der Waals surface area contributed by atoms with Crippen molar-refractivity contribution in [2.45, 2.75) is 58.0 Å². The Kier molecular flexibility index (Phi) is 5.69. The summed E-state index contributed by atoms with van der Waals surface area (Å²) in [7, 11) is 8.42. The summed E-state index contributed by atoms with van der Waals surface area (Å²) in [4.78, 5) is 36.8. The van der Waals surface area contributed by atoms with Crippen LogP contribution in [0, 0.1) is 20.8 Å². The molecule has 0 saturated carbocycles. The highest BCUT2D eigenvalue weighted by Crippen LogP contribution is 2.64. The zero-order valence-corrected chi connectivity index (χ0v) is 18.3. The molecule has 31 heavy (non-hydrogen) atoms. The first-order chi connectivity index (χ1) is 14.5. The molecule has 12 heteroatoms. The summed E-state index contributed by atoms with van der Waals surface area (Å²) in [5.41, 5.74) is 1.95. The number of benzene rings is 1. The summed E-state index contributed by atoms with van der Waals surface area (Å²) in [6, 6.07) is 3.82. The number of aromatic nitrogens is 2. The van der Waals surface area contributed by atoms with Crippen LogP contribution in [0.3, 0.4) is 0 Å². The van der Waals surface area contributed by atoms with Crippen molar-refractivity contribution in [3.63, 3.8) is 0 Å². The summed E-state index contributed by atoms with van der Waals surface area (Å²) in [6.07, 6.45) is 0.592. The standard InChI is InChI=1S/C19H21B2N2O7P/c1-10-6-11(2)16-13(7-10)9-27-31(26,29-16)30-19(20,21)14-4-5-15(28-14)23-8-12(3)17(24)22-18(23)25/h6-8,14-15,26H,4-5,9H2,1-3H3/p+1. The summed E-state index contributed by atoms with van der Waals surface area (Å²) in [5, 5.41) is -1.95. The van der Waals surface area contributed by atoms with Crippen LogP contribution in [0.1, 0.15) is 41.3 Å². The van der Waals surface area contributed by atoms with Gasteiger partial charge >= 0.3 is 13.9 Å². The van der Waals surface area contributed by atoms with Crippen molar-refractivity contribution in [3.8, 4) is 5.75 Å². The van der Waals surface area contributed by atoms with Gasteiger partial charge in [0.2, 0.25) is 0 Å². The molecule has 1 saturated heterocycles. The highest BCUT2D eigenvalue weighted by atomic mass is 31.2. The van der Waals surface area contributed by atoms with E-state index in [1.807, 2.05) is 26.0 Å². The zero-order chi connectivity index (χ0) is 22.6. The molecule has 1 aromatic heterocycles. The molecule has 4 radical (unpaired) electrons. The van der Waals surface area contributed by atoms with Gasteiger partial charge in [-0.3, -0.25) is 18.9 Å². The minimum atomic E-state index is -3.87. The Hall–Kier alpha value is -1.90. The highest BCUT2D eigenvalue weighted by molar-refractivity contribution is 7.56. The van der Waals surface area contributed by atoms with Gasteiger partial charge in [0.1, 0.15) is 28.5 Å². The lowest BCUT2D eigenvalue weighted by atomic mass is 9.61. The largest absolute Gasteiger partial charge is 0.618 e. The maximum absolute atomic E-state index is 12.1. The van der Waals surface area contributed by atoms with E-state index >= 15 is 0 Å². The van der Waals surface area contributed by atoms with Gasteiger partial charge < -0.3 is 4.74 Å². The highest BCUT2D eigenvalue weighted by Gasteiger charge is 2.56. The van der Waals surface area contributed by atoms with E-state index in [0.717, 1.165) is 16.7 Å². The Balaban J connectivity index is 1.50. The smallest absolute Gasteiger partial charge is 0.353 e. The molecular weight excluding hydrogens is 421 g/mol. The molecule has 2 N–H and O–H groups in total. The third-order valence-corrected chi connectivity index (χ3v) is 6.73. The fraction of sp³-hybridized carbons (Fsp3) is 0.474. The van der Waals surface area contributed by atoms with Gasteiger partial charge in [-0.05, 0) is 45.2 Å². The number of H-pyrrole nitrogens is 1. The number of aryl methyl sites for hydroxylation is 3. The van der Waals surface area contributed by atoms with Gasteiger partial charge in [0, 0.05) is 17.3 Å². The van der Waals surface area contributed by atoms with E-state index in [1.165, 1.54) is 10.8 Å². The van der Waals surface area contributed by atoms with Crippen molar-refractivity contribution in [3.05, 3.63) is 61.4 Å². The van der Waals surface area contributed by atoms with Crippen molar-refractivity contribution < 1.29 is 23.2 Å². The van der Waals surface area contributed by atoms with E-state index in [2.05, 4.69) is 4.98 Å². The van der Waals surface area contributed by atoms with E-state index in [4.69, 9.17) is 34.0 Å². The number of nitrogens with zero attached hydrogens (tertiary/aromatic N) is 1. The lowest BCUT2D eigenvalue weighted by Crippen LogP contribution is -2.47. The van der Waals surface area contributed by atoms with Crippen molar-refractivity contribution in [2.24, 2.45) is 0 Å². The first-order valence-corrected chi connectivity index (χ1v) is 11.3. The Bertz CT molecular complexity index is 1140. The summed E-state index contributed by atoms with van der Waals surface area (Å²) < 4.78 is 23.8. The topological polar surface area (TPSA) is 112 Å². The molecule has 9 nitrogen and oxygen atoms in total. The van der Waals surface area contributed by atoms with Crippen LogP contribution >= 0.6 is 8.17 Å². The fourth-order valence-electron chi connectivity index (χ4n) is 3.83. The average Bonchev–Trinajstić information content (AvgIpc) is 3.16. The predicted octanol–water partition coefficient (Wildman–Crippen LogP) is 1.43. The number of hydrogen-bond donors (Lipinski definition) is 2. The minimum Gasteiger partial charge on any atom is -0.353 e. The van der Waals surface area contributed by atoms with Crippen LogP contribution in [0.5, 0.6) is 5.75 Å². The number of hydrogen-bond acceptors (Lipinski definition) is 7. The molecule has 1 fully saturated rings. The second kappa shape index (κ2) is 7.90. The quantitative estimate of drug-likeness (QED) is 0.544. The van der Waals surface area contributed by atoms with Gasteiger partial charge in [-0.15, -0.1) is 4.52 Å². The van der Waals surface area contributed by atoms with Crippen molar-refractivity contribution in [2.75, 3.05) is 0 Å². The van der Waals surface area contributed by atoms with Gasteiger partial charge in [-0.1, -0.05) is 11.6 Å². The number of fused-ring (bicyclic) bond motifs is 1. The van der Waals surface area contributed by atoms with Crippen molar-refractivity contribution in [1.82, 2.24) is 9.55 Å². The first-order valence-electron chi connectivity index (χ1n) is 9.79. The third kappa shape index (κ3) is 4.38. The van der Waals surface area contributed by atoms with Crippen LogP contribution in [0.15, 0.2) is 27.9 Å². The molecule has 2 aliphatic heterocycles. The Morgan fingerprint density at radius 2 is 1.97 bits per heavy atom. The van der Waals surface area contributed by atoms with Crippen LogP contribution in [-0.4, -0.2) is 41.6 Å². The van der Waals surface area contributed by atoms with E-state index in [-0.39, 0.29) is 6.61 Å². The molecule has 3 unspecified atom stereocenters. The monoisotopic (exact) mass is 443 g/mol. The second-order valence-electron chi connectivity index (χ2n) is 7.98. The summed E-state index contributed by atoms with van der Waals surface area (Å²) in [5.74, 6) is 0.476. The number of ether oxygens (including phenoxy) is 1. The number of rotatable bonds is 4. The van der Waals surface area contributed by atoms with Gasteiger partial charge in [-0.2, -0.15) is 9.42 Å². The molecule has 1 aromatic carbocycles. The third-order valence-electron chi connectivity index (χ3n) is 5.32. The number of aromatic amines is 1. The maximum atomic E-state index is 12.1. The summed E-state index contributed by atoms with van der Waals surface area (Å²) >= 11 is 0. The molecule has 160 valence electrons. The zero-order valence-electron chi connectivity index (χ0n) is 17.5. The van der Waals surface area contributed by atoms with Crippen LogP contribution in [-0.2, 0) is 20.4 Å². The SMILES string of the molecule is [B]C([B])(O[P+]1(O)OCc2cc(C)cc(C)c2O1)C1CCC(n2cc(C)c(=O)[nH]c2=O)O1. The van der Waals surface area contributed by atoms with Gasteiger partial charge in [-0.25, -0.2) is 4.79 Å². The van der Waals surface area contributed by atoms with E-state index in [1.54, 1.807) is 6.92 Å². The van der Waals surface area contributed by atoms with Crippen molar-refractivity contribution in [1.29, 1.82) is 0 Å². The first kappa shape index (κ1) is 22.3. The molecule has 0 amide bonds. The van der Waals surface area contributed by atoms with Gasteiger partial charge in [0.15, 0.2) is 5.75 Å². The second-order valence-corrected chi connectivity index (χ2v) is 9.54. The molecule has 3 atom stereocenters. The fourth-order valence-corrected chi connectivity index (χ4v) is 5.29.